The molecule has 1 atom stereocenters. The quantitative estimate of drug-likeness (QED) is 0.864. The Morgan fingerprint density at radius 3 is 2.61 bits per heavy atom. The zero-order chi connectivity index (χ0) is 16.3. The molecule has 3 rings (SSSR count). The first kappa shape index (κ1) is 15.6. The molecule has 0 aromatic carbocycles. The van der Waals surface area contributed by atoms with Crippen LogP contribution in [0.5, 0.6) is 5.88 Å². The van der Waals surface area contributed by atoms with Crippen molar-refractivity contribution in [2.24, 2.45) is 5.92 Å². The molecule has 0 spiro atoms. The number of hydrogen-bond donors (Lipinski definition) is 0. The van der Waals surface area contributed by atoms with Crippen LogP contribution in [0.3, 0.4) is 0 Å². The summed E-state index contributed by atoms with van der Waals surface area (Å²) in [6, 6.07) is 5.72. The van der Waals surface area contributed by atoms with E-state index in [1.54, 1.807) is 12.4 Å². The van der Waals surface area contributed by atoms with Gasteiger partial charge in [0, 0.05) is 42.9 Å². The number of anilines is 1. The minimum atomic E-state index is 0.00711. The molecule has 1 fully saturated rings. The van der Waals surface area contributed by atoms with Crippen LogP contribution in [0.4, 0.5) is 5.95 Å². The zero-order valence-corrected chi connectivity index (χ0v) is 13.9. The molecule has 0 saturated carbocycles. The van der Waals surface area contributed by atoms with Gasteiger partial charge in [-0.15, -0.1) is 5.10 Å². The molecule has 23 heavy (non-hydrogen) atoms. The van der Waals surface area contributed by atoms with Crippen LogP contribution in [-0.4, -0.2) is 39.9 Å². The van der Waals surface area contributed by atoms with E-state index in [9.17, 15) is 0 Å². The maximum Gasteiger partial charge on any atom is 0.233 e. The van der Waals surface area contributed by atoms with Crippen LogP contribution in [0.1, 0.15) is 32.9 Å². The molecule has 122 valence electrons. The van der Waals surface area contributed by atoms with E-state index < -0.39 is 0 Å². The van der Waals surface area contributed by atoms with Crippen molar-refractivity contribution >= 4 is 5.95 Å². The van der Waals surface area contributed by atoms with Gasteiger partial charge < -0.3 is 9.64 Å². The Balaban J connectivity index is 1.52. The van der Waals surface area contributed by atoms with Crippen molar-refractivity contribution in [3.05, 3.63) is 36.3 Å². The highest BCUT2D eigenvalue weighted by Gasteiger charge is 2.25. The third-order valence-electron chi connectivity index (χ3n) is 4.00. The molecule has 0 bridgehead atoms. The first-order valence-electron chi connectivity index (χ1n) is 8.01. The molecule has 0 amide bonds. The Hall–Kier alpha value is -2.24. The van der Waals surface area contributed by atoms with Crippen LogP contribution in [0.15, 0.2) is 30.6 Å². The highest BCUT2D eigenvalue weighted by atomic mass is 16.5. The molecular formula is C17H23N5O. The van der Waals surface area contributed by atoms with Gasteiger partial charge >= 0.3 is 0 Å². The lowest BCUT2D eigenvalue weighted by molar-refractivity contribution is 0.249. The van der Waals surface area contributed by atoms with Gasteiger partial charge in [-0.1, -0.05) is 20.8 Å². The summed E-state index contributed by atoms with van der Waals surface area (Å²) in [5.74, 6) is 1.85. The molecule has 2 aromatic heterocycles. The summed E-state index contributed by atoms with van der Waals surface area (Å²) in [6.07, 6.45) is 4.63. The van der Waals surface area contributed by atoms with Gasteiger partial charge in [0.1, 0.15) is 0 Å². The summed E-state index contributed by atoms with van der Waals surface area (Å²) in [6.45, 7) is 8.89. The predicted molar refractivity (Wildman–Crippen MR) is 88.6 cm³/mol. The normalized spacial score (nSPS) is 18.2. The smallest absolute Gasteiger partial charge is 0.233 e. The van der Waals surface area contributed by atoms with E-state index in [-0.39, 0.29) is 5.41 Å². The van der Waals surface area contributed by atoms with Gasteiger partial charge in [-0.05, 0) is 18.6 Å². The minimum Gasteiger partial charge on any atom is -0.476 e. The number of ether oxygens (including phenoxy) is 1. The molecule has 2 aromatic rings. The van der Waals surface area contributed by atoms with Gasteiger partial charge in [-0.25, -0.2) is 9.97 Å². The summed E-state index contributed by atoms with van der Waals surface area (Å²) in [4.78, 5) is 10.8. The average molecular weight is 313 g/mol. The van der Waals surface area contributed by atoms with Gasteiger partial charge in [0.25, 0.3) is 0 Å². The lowest BCUT2D eigenvalue weighted by atomic mass is 9.92. The minimum absolute atomic E-state index is 0.00711. The summed E-state index contributed by atoms with van der Waals surface area (Å²) in [5.41, 5.74) is 0.978. The Bertz CT molecular complexity index is 624. The topological polar surface area (TPSA) is 64.0 Å². The Labute approximate surface area is 136 Å². The average Bonchev–Trinajstić information content (AvgIpc) is 3.02. The fourth-order valence-electron chi connectivity index (χ4n) is 2.61. The van der Waals surface area contributed by atoms with Crippen LogP contribution in [0.25, 0.3) is 0 Å². The standard InChI is InChI=1S/C17H23N5O/c1-17(2,3)14-5-6-15(21-20-14)23-12-13-7-10-22(11-13)16-18-8-4-9-19-16/h4-6,8-9,13H,7,10-12H2,1-3H3. The molecule has 0 N–H and O–H groups in total. The number of aromatic nitrogens is 4. The predicted octanol–water partition coefficient (Wildman–Crippen LogP) is 2.47. The van der Waals surface area contributed by atoms with Crippen molar-refractivity contribution in [3.8, 4) is 5.88 Å². The zero-order valence-electron chi connectivity index (χ0n) is 13.9. The van der Waals surface area contributed by atoms with Crippen molar-refractivity contribution < 1.29 is 4.74 Å². The van der Waals surface area contributed by atoms with Gasteiger partial charge in [0.05, 0.1) is 12.3 Å². The lowest BCUT2D eigenvalue weighted by Gasteiger charge is -2.17. The highest BCUT2D eigenvalue weighted by Crippen LogP contribution is 2.22. The fourth-order valence-corrected chi connectivity index (χ4v) is 2.61. The van der Waals surface area contributed by atoms with Crippen LogP contribution in [0.2, 0.25) is 0 Å². The molecule has 6 heteroatoms. The van der Waals surface area contributed by atoms with Crippen LogP contribution in [-0.2, 0) is 5.41 Å². The summed E-state index contributed by atoms with van der Waals surface area (Å²) >= 11 is 0. The Morgan fingerprint density at radius 2 is 1.96 bits per heavy atom. The fraction of sp³-hybridized carbons (Fsp3) is 0.529. The summed E-state index contributed by atoms with van der Waals surface area (Å²) in [7, 11) is 0. The van der Waals surface area contributed by atoms with E-state index in [4.69, 9.17) is 4.74 Å². The highest BCUT2D eigenvalue weighted by molar-refractivity contribution is 5.30. The van der Waals surface area contributed by atoms with E-state index in [0.29, 0.717) is 18.4 Å². The van der Waals surface area contributed by atoms with Crippen molar-refractivity contribution in [2.75, 3.05) is 24.6 Å². The Morgan fingerprint density at radius 1 is 1.17 bits per heavy atom. The maximum absolute atomic E-state index is 5.80. The number of nitrogens with zero attached hydrogens (tertiary/aromatic N) is 5. The molecule has 0 aliphatic carbocycles. The van der Waals surface area contributed by atoms with E-state index in [1.165, 1.54) is 0 Å². The van der Waals surface area contributed by atoms with E-state index in [1.807, 2.05) is 18.2 Å². The molecule has 1 aliphatic heterocycles. The van der Waals surface area contributed by atoms with Crippen LogP contribution >= 0.6 is 0 Å². The summed E-state index contributed by atoms with van der Waals surface area (Å²) in [5, 5.41) is 8.43. The van der Waals surface area contributed by atoms with Crippen molar-refractivity contribution in [3.63, 3.8) is 0 Å². The van der Waals surface area contributed by atoms with Crippen molar-refractivity contribution in [1.29, 1.82) is 0 Å². The lowest BCUT2D eigenvalue weighted by Crippen LogP contribution is -2.23. The van der Waals surface area contributed by atoms with Gasteiger partial charge in [-0.2, -0.15) is 5.10 Å². The monoisotopic (exact) mass is 313 g/mol. The third kappa shape index (κ3) is 3.94. The number of rotatable bonds is 4. The van der Waals surface area contributed by atoms with Crippen LogP contribution < -0.4 is 9.64 Å². The molecule has 6 nitrogen and oxygen atoms in total. The van der Waals surface area contributed by atoms with Gasteiger partial charge in [-0.3, -0.25) is 0 Å². The largest absolute Gasteiger partial charge is 0.476 e. The Kier molecular flexibility index (Phi) is 4.41. The molecule has 1 unspecified atom stereocenters. The molecule has 3 heterocycles. The second-order valence-electron chi connectivity index (χ2n) is 6.97. The summed E-state index contributed by atoms with van der Waals surface area (Å²) < 4.78 is 5.80. The SMILES string of the molecule is CC(C)(C)c1ccc(OCC2CCN(c3ncccn3)C2)nn1. The molecule has 1 saturated heterocycles. The van der Waals surface area contributed by atoms with Gasteiger partial charge in [0.2, 0.25) is 11.8 Å². The van der Waals surface area contributed by atoms with Crippen molar-refractivity contribution in [1.82, 2.24) is 20.2 Å². The first-order valence-corrected chi connectivity index (χ1v) is 8.01. The third-order valence-corrected chi connectivity index (χ3v) is 4.00. The van der Waals surface area contributed by atoms with E-state index in [0.717, 1.165) is 31.2 Å². The van der Waals surface area contributed by atoms with Gasteiger partial charge in [0.15, 0.2) is 0 Å². The molecular weight excluding hydrogens is 290 g/mol. The van der Waals surface area contributed by atoms with E-state index >= 15 is 0 Å². The second-order valence-corrected chi connectivity index (χ2v) is 6.97. The second kappa shape index (κ2) is 6.48. The first-order chi connectivity index (χ1) is 11.0. The van der Waals surface area contributed by atoms with E-state index in [2.05, 4.69) is 45.8 Å². The maximum atomic E-state index is 5.80. The molecule has 0 radical (unpaired) electrons. The van der Waals surface area contributed by atoms with Crippen molar-refractivity contribution in [2.45, 2.75) is 32.6 Å². The van der Waals surface area contributed by atoms with Crippen LogP contribution in [0, 0.1) is 5.92 Å². The number of hydrogen-bond acceptors (Lipinski definition) is 6. The molecule has 1 aliphatic rings.